The summed E-state index contributed by atoms with van der Waals surface area (Å²) in [5.41, 5.74) is 4.51. The molecule has 3 aromatic rings. The monoisotopic (exact) mass is 300 g/mol. The van der Waals surface area contributed by atoms with Gasteiger partial charge in [0.2, 0.25) is 5.91 Å². The van der Waals surface area contributed by atoms with Gasteiger partial charge in [-0.2, -0.15) is 0 Å². The Morgan fingerprint density at radius 1 is 1.09 bits per heavy atom. The predicted molar refractivity (Wildman–Crippen MR) is 93.2 cm³/mol. The summed E-state index contributed by atoms with van der Waals surface area (Å²) >= 11 is 0. The molecule has 0 unspecified atom stereocenters. The molecule has 1 aromatic heterocycles. The highest BCUT2D eigenvalue weighted by Crippen LogP contribution is 2.24. The van der Waals surface area contributed by atoms with Crippen LogP contribution < -0.4 is 5.32 Å². The molecule has 0 radical (unpaired) electrons. The van der Waals surface area contributed by atoms with E-state index in [1.54, 1.807) is 6.20 Å². The predicted octanol–water partition coefficient (Wildman–Crippen LogP) is 3.90. The molecule has 3 rings (SSSR count). The summed E-state index contributed by atoms with van der Waals surface area (Å²) in [5.74, 6) is 6.28. The van der Waals surface area contributed by atoms with E-state index in [9.17, 15) is 4.79 Å². The van der Waals surface area contributed by atoms with Crippen molar-refractivity contribution in [1.29, 1.82) is 0 Å². The summed E-state index contributed by atoms with van der Waals surface area (Å²) in [7, 11) is 0. The van der Waals surface area contributed by atoms with Gasteiger partial charge in [-0.25, -0.2) is 0 Å². The molecule has 23 heavy (non-hydrogen) atoms. The second-order valence-corrected chi connectivity index (χ2v) is 5.36. The maximum Gasteiger partial charge on any atom is 0.221 e. The Hall–Kier alpha value is -3.12. The number of carbonyl (C=O) groups is 1. The first kappa shape index (κ1) is 14.8. The van der Waals surface area contributed by atoms with Crippen molar-refractivity contribution in [2.75, 3.05) is 5.32 Å². The molecule has 3 heteroatoms. The third-order valence-electron chi connectivity index (χ3n) is 3.44. The highest BCUT2D eigenvalue weighted by atomic mass is 16.1. The smallest absolute Gasteiger partial charge is 0.221 e. The number of pyridine rings is 1. The van der Waals surface area contributed by atoms with Crippen LogP contribution in [0.2, 0.25) is 0 Å². The lowest BCUT2D eigenvalue weighted by molar-refractivity contribution is -0.114. The van der Waals surface area contributed by atoms with Gasteiger partial charge in [-0.15, -0.1) is 0 Å². The summed E-state index contributed by atoms with van der Waals surface area (Å²) < 4.78 is 0. The standard InChI is InChI=1S/C20H16N2O/c1-14-5-3-6-16(13-14)8-9-17-10-11-19(22-15(2)23)20-18(17)7-4-12-21-20/h3-7,10-13H,1-2H3,(H,22,23). The minimum absolute atomic E-state index is 0.115. The third kappa shape index (κ3) is 3.38. The van der Waals surface area contributed by atoms with E-state index in [4.69, 9.17) is 0 Å². The molecule has 2 aromatic carbocycles. The van der Waals surface area contributed by atoms with Gasteiger partial charge in [-0.1, -0.05) is 24.0 Å². The Labute approximate surface area is 135 Å². The van der Waals surface area contributed by atoms with Crippen molar-refractivity contribution < 1.29 is 4.79 Å². The Morgan fingerprint density at radius 2 is 1.96 bits per heavy atom. The van der Waals surface area contributed by atoms with Crippen LogP contribution in [0.25, 0.3) is 10.9 Å². The van der Waals surface area contributed by atoms with Crippen molar-refractivity contribution in [1.82, 2.24) is 4.98 Å². The maximum atomic E-state index is 11.3. The van der Waals surface area contributed by atoms with E-state index in [2.05, 4.69) is 28.2 Å². The lowest BCUT2D eigenvalue weighted by atomic mass is 10.1. The summed E-state index contributed by atoms with van der Waals surface area (Å²) in [4.78, 5) is 15.7. The fourth-order valence-corrected chi connectivity index (χ4v) is 2.43. The number of benzene rings is 2. The molecule has 0 saturated carbocycles. The third-order valence-corrected chi connectivity index (χ3v) is 3.44. The van der Waals surface area contributed by atoms with Gasteiger partial charge >= 0.3 is 0 Å². The number of hydrogen-bond donors (Lipinski definition) is 1. The first-order valence-corrected chi connectivity index (χ1v) is 7.37. The van der Waals surface area contributed by atoms with Crippen LogP contribution in [-0.4, -0.2) is 10.9 Å². The first-order chi connectivity index (χ1) is 11.1. The van der Waals surface area contributed by atoms with Gasteiger partial charge in [0.15, 0.2) is 0 Å². The number of hydrogen-bond acceptors (Lipinski definition) is 2. The molecule has 0 saturated heterocycles. The van der Waals surface area contributed by atoms with Gasteiger partial charge in [-0.3, -0.25) is 9.78 Å². The van der Waals surface area contributed by atoms with Crippen LogP contribution in [0.1, 0.15) is 23.6 Å². The zero-order valence-electron chi connectivity index (χ0n) is 13.1. The molecular formula is C20H16N2O. The molecular weight excluding hydrogens is 284 g/mol. The van der Waals surface area contributed by atoms with Crippen LogP contribution in [0.5, 0.6) is 0 Å². The second-order valence-electron chi connectivity index (χ2n) is 5.36. The Bertz CT molecular complexity index is 949. The quantitative estimate of drug-likeness (QED) is 0.692. The number of amides is 1. The Balaban J connectivity index is 2.08. The average molecular weight is 300 g/mol. The van der Waals surface area contributed by atoms with Crippen LogP contribution >= 0.6 is 0 Å². The van der Waals surface area contributed by atoms with Crippen molar-refractivity contribution in [2.45, 2.75) is 13.8 Å². The number of anilines is 1. The van der Waals surface area contributed by atoms with E-state index in [-0.39, 0.29) is 5.91 Å². The topological polar surface area (TPSA) is 42.0 Å². The summed E-state index contributed by atoms with van der Waals surface area (Å²) in [6.45, 7) is 3.53. The van der Waals surface area contributed by atoms with Crippen LogP contribution in [0.15, 0.2) is 54.7 Å². The largest absolute Gasteiger partial charge is 0.324 e. The Kier molecular flexibility index (Phi) is 4.07. The van der Waals surface area contributed by atoms with Crippen molar-refractivity contribution in [2.24, 2.45) is 0 Å². The number of aromatic nitrogens is 1. The second kappa shape index (κ2) is 6.33. The number of fused-ring (bicyclic) bond motifs is 1. The molecule has 0 atom stereocenters. The normalized spacial score (nSPS) is 10.0. The number of nitrogens with zero attached hydrogens (tertiary/aromatic N) is 1. The van der Waals surface area contributed by atoms with Gasteiger partial charge < -0.3 is 5.32 Å². The molecule has 1 heterocycles. The molecule has 0 fully saturated rings. The number of aryl methyl sites for hydroxylation is 1. The van der Waals surface area contributed by atoms with Gasteiger partial charge in [0.25, 0.3) is 0 Å². The van der Waals surface area contributed by atoms with E-state index < -0.39 is 0 Å². The summed E-state index contributed by atoms with van der Waals surface area (Å²) in [6.07, 6.45) is 1.71. The molecule has 1 amide bonds. The van der Waals surface area contributed by atoms with E-state index in [0.717, 1.165) is 22.0 Å². The van der Waals surface area contributed by atoms with Crippen LogP contribution in [-0.2, 0) is 4.79 Å². The number of rotatable bonds is 1. The lowest BCUT2D eigenvalue weighted by Crippen LogP contribution is -2.06. The zero-order chi connectivity index (χ0) is 16.2. The number of nitrogens with one attached hydrogen (secondary N) is 1. The van der Waals surface area contributed by atoms with Crippen molar-refractivity contribution in [3.05, 3.63) is 71.4 Å². The van der Waals surface area contributed by atoms with Gasteiger partial charge in [0, 0.05) is 29.6 Å². The van der Waals surface area contributed by atoms with Crippen molar-refractivity contribution >= 4 is 22.5 Å². The van der Waals surface area contributed by atoms with E-state index in [0.29, 0.717) is 5.69 Å². The minimum Gasteiger partial charge on any atom is -0.324 e. The van der Waals surface area contributed by atoms with Gasteiger partial charge in [-0.05, 0) is 48.9 Å². The molecule has 0 aliphatic carbocycles. The van der Waals surface area contributed by atoms with E-state index >= 15 is 0 Å². The Morgan fingerprint density at radius 3 is 2.74 bits per heavy atom. The molecule has 112 valence electrons. The number of carbonyl (C=O) groups excluding carboxylic acids is 1. The highest BCUT2D eigenvalue weighted by Gasteiger charge is 2.06. The van der Waals surface area contributed by atoms with Crippen LogP contribution in [0.3, 0.4) is 0 Å². The van der Waals surface area contributed by atoms with Gasteiger partial charge in [0.05, 0.1) is 11.2 Å². The van der Waals surface area contributed by atoms with Crippen molar-refractivity contribution in [3.63, 3.8) is 0 Å². The average Bonchev–Trinajstić information content (AvgIpc) is 2.54. The molecule has 3 nitrogen and oxygen atoms in total. The fourth-order valence-electron chi connectivity index (χ4n) is 2.43. The van der Waals surface area contributed by atoms with Gasteiger partial charge in [0.1, 0.15) is 0 Å². The minimum atomic E-state index is -0.115. The molecule has 0 spiro atoms. The lowest BCUT2D eigenvalue weighted by Gasteiger charge is -2.07. The molecule has 0 bridgehead atoms. The highest BCUT2D eigenvalue weighted by molar-refractivity contribution is 6.01. The van der Waals surface area contributed by atoms with Crippen LogP contribution in [0.4, 0.5) is 5.69 Å². The molecule has 0 aliphatic rings. The fraction of sp³-hybridized carbons (Fsp3) is 0.100. The van der Waals surface area contributed by atoms with E-state index in [1.165, 1.54) is 12.5 Å². The summed E-state index contributed by atoms with van der Waals surface area (Å²) in [6, 6.07) is 15.7. The van der Waals surface area contributed by atoms with Crippen molar-refractivity contribution in [3.8, 4) is 11.8 Å². The maximum absolute atomic E-state index is 11.3. The van der Waals surface area contributed by atoms with Crippen LogP contribution in [0, 0.1) is 18.8 Å². The zero-order valence-corrected chi connectivity index (χ0v) is 13.1. The molecule has 0 aliphatic heterocycles. The SMILES string of the molecule is CC(=O)Nc1ccc(C#Cc2cccc(C)c2)c2cccnc12. The first-order valence-electron chi connectivity index (χ1n) is 7.37. The molecule has 1 N–H and O–H groups in total. The summed E-state index contributed by atoms with van der Waals surface area (Å²) in [5, 5.41) is 3.74. The van der Waals surface area contributed by atoms with E-state index in [1.807, 2.05) is 49.4 Å².